The number of methoxy groups -OCH3 is 1. The molecule has 0 aliphatic carbocycles. The van der Waals surface area contributed by atoms with Crippen molar-refractivity contribution in [3.63, 3.8) is 0 Å². The maximum absolute atomic E-state index is 13.0. The van der Waals surface area contributed by atoms with E-state index >= 15 is 0 Å². The average Bonchev–Trinajstić information content (AvgIpc) is 3.12. The number of rotatable bonds is 7. The number of hydrogen-bond donors (Lipinski definition) is 0. The van der Waals surface area contributed by atoms with Crippen LogP contribution in [0.3, 0.4) is 0 Å². The molecule has 0 radical (unpaired) electrons. The van der Waals surface area contributed by atoms with E-state index in [0.717, 1.165) is 0 Å². The Morgan fingerprint density at radius 3 is 2.58 bits per heavy atom. The van der Waals surface area contributed by atoms with Crippen molar-refractivity contribution in [1.29, 1.82) is 0 Å². The molecule has 0 spiro atoms. The summed E-state index contributed by atoms with van der Waals surface area (Å²) in [6.45, 7) is 2.83. The molecule has 2 heterocycles. The Balaban J connectivity index is 1.71. The summed E-state index contributed by atoms with van der Waals surface area (Å²) in [7, 11) is -2.15. The number of benzene rings is 1. The molecule has 2 aromatic rings. The molecule has 1 saturated heterocycles. The predicted molar refractivity (Wildman–Crippen MR) is 94.0 cm³/mol. The largest absolute Gasteiger partial charge is 0.492 e. The van der Waals surface area contributed by atoms with Crippen molar-refractivity contribution < 1.29 is 22.6 Å². The van der Waals surface area contributed by atoms with E-state index in [-0.39, 0.29) is 17.5 Å². The van der Waals surface area contributed by atoms with Gasteiger partial charge < -0.3 is 14.2 Å². The van der Waals surface area contributed by atoms with E-state index in [1.807, 2.05) is 6.92 Å². The molecule has 1 aromatic carbocycles. The molecule has 0 saturated carbocycles. The van der Waals surface area contributed by atoms with Crippen LogP contribution < -0.4 is 14.2 Å². The fraction of sp³-hybridized carbons (Fsp3) is 0.412. The summed E-state index contributed by atoms with van der Waals surface area (Å²) in [5.41, 5.74) is 0. The van der Waals surface area contributed by atoms with Gasteiger partial charge in [0.05, 0.1) is 20.3 Å². The monoisotopic (exact) mass is 379 g/mol. The number of para-hydroxylation sites is 1. The van der Waals surface area contributed by atoms with Crippen LogP contribution in [-0.4, -0.2) is 55.8 Å². The zero-order chi connectivity index (χ0) is 18.6. The standard InChI is InChI=1S/C17H21N3O5S/c1-3-24-14-6-4-5-7-15(14)26(21,22)20-11-10-13(12-20)25-17-9-8-16(23-2)18-19-17/h4-9,13H,3,10-12H2,1-2H3. The third-order valence-corrected chi connectivity index (χ3v) is 5.89. The van der Waals surface area contributed by atoms with Gasteiger partial charge in [-0.3, -0.25) is 0 Å². The first kappa shape index (κ1) is 18.4. The van der Waals surface area contributed by atoms with Gasteiger partial charge in [0.15, 0.2) is 0 Å². The molecular weight excluding hydrogens is 358 g/mol. The number of ether oxygens (including phenoxy) is 3. The third kappa shape index (κ3) is 3.88. The summed E-state index contributed by atoms with van der Waals surface area (Å²) < 4.78 is 43.5. The molecule has 0 N–H and O–H groups in total. The van der Waals surface area contributed by atoms with Crippen molar-refractivity contribution in [2.45, 2.75) is 24.3 Å². The second-order valence-corrected chi connectivity index (χ2v) is 7.59. The lowest BCUT2D eigenvalue weighted by atomic mass is 10.3. The summed E-state index contributed by atoms with van der Waals surface area (Å²) in [6, 6.07) is 9.95. The van der Waals surface area contributed by atoms with Gasteiger partial charge in [-0.1, -0.05) is 12.1 Å². The molecule has 140 valence electrons. The summed E-state index contributed by atoms with van der Waals surface area (Å²) in [6.07, 6.45) is 0.288. The Labute approximate surface area is 152 Å². The highest BCUT2D eigenvalue weighted by Crippen LogP contribution is 2.29. The lowest BCUT2D eigenvalue weighted by Gasteiger charge is -2.19. The van der Waals surface area contributed by atoms with Crippen molar-refractivity contribution in [3.8, 4) is 17.5 Å². The van der Waals surface area contributed by atoms with Gasteiger partial charge in [-0.2, -0.15) is 4.31 Å². The first-order valence-corrected chi connectivity index (χ1v) is 9.75. The van der Waals surface area contributed by atoms with Gasteiger partial charge in [-0.15, -0.1) is 10.2 Å². The molecule has 1 atom stereocenters. The highest BCUT2D eigenvalue weighted by atomic mass is 32.2. The molecule has 1 fully saturated rings. The molecule has 0 amide bonds. The molecule has 3 rings (SSSR count). The van der Waals surface area contributed by atoms with E-state index in [4.69, 9.17) is 14.2 Å². The maximum Gasteiger partial charge on any atom is 0.246 e. The van der Waals surface area contributed by atoms with Crippen LogP contribution in [0.2, 0.25) is 0 Å². The molecule has 1 aliphatic heterocycles. The molecule has 9 heteroatoms. The number of nitrogens with zero attached hydrogens (tertiary/aromatic N) is 3. The van der Waals surface area contributed by atoms with E-state index in [9.17, 15) is 8.42 Å². The third-order valence-electron chi connectivity index (χ3n) is 3.99. The van der Waals surface area contributed by atoms with E-state index < -0.39 is 10.0 Å². The Morgan fingerprint density at radius 1 is 1.15 bits per heavy atom. The topological polar surface area (TPSA) is 90.9 Å². The zero-order valence-corrected chi connectivity index (χ0v) is 15.5. The first-order valence-electron chi connectivity index (χ1n) is 8.31. The molecule has 26 heavy (non-hydrogen) atoms. The summed E-state index contributed by atoms with van der Waals surface area (Å²) in [5.74, 6) is 1.09. The number of aromatic nitrogens is 2. The normalized spacial score (nSPS) is 17.8. The molecule has 0 bridgehead atoms. The average molecular weight is 379 g/mol. The van der Waals surface area contributed by atoms with Crippen LogP contribution in [-0.2, 0) is 10.0 Å². The van der Waals surface area contributed by atoms with E-state index in [2.05, 4.69) is 10.2 Å². The quantitative estimate of drug-likeness (QED) is 0.723. The van der Waals surface area contributed by atoms with Crippen molar-refractivity contribution in [1.82, 2.24) is 14.5 Å². The van der Waals surface area contributed by atoms with Crippen LogP contribution >= 0.6 is 0 Å². The van der Waals surface area contributed by atoms with Gasteiger partial charge in [0, 0.05) is 18.7 Å². The van der Waals surface area contributed by atoms with Crippen LogP contribution in [0.4, 0.5) is 0 Å². The highest BCUT2D eigenvalue weighted by Gasteiger charge is 2.35. The minimum absolute atomic E-state index is 0.173. The Hall–Kier alpha value is -2.39. The molecular formula is C17H21N3O5S. The zero-order valence-electron chi connectivity index (χ0n) is 14.7. The predicted octanol–water partition coefficient (Wildman–Crippen LogP) is 1.73. The fourth-order valence-corrected chi connectivity index (χ4v) is 4.36. The number of hydrogen-bond acceptors (Lipinski definition) is 7. The first-order chi connectivity index (χ1) is 12.5. The van der Waals surface area contributed by atoms with E-state index in [0.29, 0.717) is 37.1 Å². The minimum atomic E-state index is -3.66. The maximum atomic E-state index is 13.0. The van der Waals surface area contributed by atoms with Gasteiger partial charge in [0.1, 0.15) is 16.7 Å². The van der Waals surface area contributed by atoms with Crippen LogP contribution in [0, 0.1) is 0 Å². The molecule has 8 nitrogen and oxygen atoms in total. The second-order valence-electron chi connectivity index (χ2n) is 5.69. The Bertz CT molecular complexity index is 842. The summed E-state index contributed by atoms with van der Waals surface area (Å²) in [5, 5.41) is 7.75. The number of sulfonamides is 1. The van der Waals surface area contributed by atoms with E-state index in [1.165, 1.54) is 11.4 Å². The van der Waals surface area contributed by atoms with Crippen LogP contribution in [0.1, 0.15) is 13.3 Å². The lowest BCUT2D eigenvalue weighted by Crippen LogP contribution is -2.31. The van der Waals surface area contributed by atoms with Gasteiger partial charge in [0.25, 0.3) is 0 Å². The lowest BCUT2D eigenvalue weighted by molar-refractivity contribution is 0.203. The van der Waals surface area contributed by atoms with Gasteiger partial charge in [0.2, 0.25) is 21.8 Å². The van der Waals surface area contributed by atoms with Crippen molar-refractivity contribution >= 4 is 10.0 Å². The fourth-order valence-electron chi connectivity index (χ4n) is 2.74. The van der Waals surface area contributed by atoms with E-state index in [1.54, 1.807) is 36.4 Å². The van der Waals surface area contributed by atoms with Crippen molar-refractivity contribution in [3.05, 3.63) is 36.4 Å². The van der Waals surface area contributed by atoms with Crippen molar-refractivity contribution in [2.24, 2.45) is 0 Å². The minimum Gasteiger partial charge on any atom is -0.492 e. The van der Waals surface area contributed by atoms with Gasteiger partial charge in [-0.05, 0) is 25.5 Å². The molecule has 1 aliphatic rings. The summed E-state index contributed by atoms with van der Waals surface area (Å²) >= 11 is 0. The summed E-state index contributed by atoms with van der Waals surface area (Å²) in [4.78, 5) is 0.173. The Kier molecular flexibility index (Phi) is 5.58. The van der Waals surface area contributed by atoms with Crippen LogP contribution in [0.15, 0.2) is 41.3 Å². The van der Waals surface area contributed by atoms with Crippen LogP contribution in [0.5, 0.6) is 17.5 Å². The van der Waals surface area contributed by atoms with Gasteiger partial charge in [-0.25, -0.2) is 8.42 Å². The molecule has 1 unspecified atom stereocenters. The Morgan fingerprint density at radius 2 is 1.88 bits per heavy atom. The van der Waals surface area contributed by atoms with Gasteiger partial charge >= 0.3 is 0 Å². The SMILES string of the molecule is CCOc1ccccc1S(=O)(=O)N1CCC(Oc2ccc(OC)nn2)C1. The van der Waals surface area contributed by atoms with Crippen LogP contribution in [0.25, 0.3) is 0 Å². The second kappa shape index (κ2) is 7.88. The highest BCUT2D eigenvalue weighted by molar-refractivity contribution is 7.89. The molecule has 1 aromatic heterocycles. The van der Waals surface area contributed by atoms with Crippen molar-refractivity contribution in [2.75, 3.05) is 26.8 Å². The smallest absolute Gasteiger partial charge is 0.246 e.